The van der Waals surface area contributed by atoms with Crippen molar-refractivity contribution in [3.63, 3.8) is 0 Å². The normalized spacial score (nSPS) is 10.0. The summed E-state index contributed by atoms with van der Waals surface area (Å²) in [4.78, 5) is 15.9. The zero-order valence-corrected chi connectivity index (χ0v) is 13.2. The van der Waals surface area contributed by atoms with Crippen LogP contribution in [0.1, 0.15) is 16.1 Å². The molecule has 1 heterocycles. The number of benzene rings is 1. The second-order valence-corrected chi connectivity index (χ2v) is 4.90. The summed E-state index contributed by atoms with van der Waals surface area (Å²) in [5.41, 5.74) is 1.04. The Bertz CT molecular complexity index is 631. The lowest BCUT2D eigenvalue weighted by molar-refractivity contribution is 0.0587. The molecule has 2 aromatic rings. The van der Waals surface area contributed by atoms with E-state index in [4.69, 9.17) is 14.2 Å². The number of ether oxygens (including phenoxy) is 3. The minimum absolute atomic E-state index is 0.0691. The van der Waals surface area contributed by atoms with Gasteiger partial charge in [-0.3, -0.25) is 0 Å². The van der Waals surface area contributed by atoms with Crippen LogP contribution in [0.5, 0.6) is 11.5 Å². The van der Waals surface area contributed by atoms with Gasteiger partial charge in [-0.15, -0.1) is 0 Å². The van der Waals surface area contributed by atoms with Gasteiger partial charge in [0, 0.05) is 6.07 Å². The fourth-order valence-electron chi connectivity index (χ4n) is 1.74. The minimum atomic E-state index is -0.585. The largest absolute Gasteiger partial charge is 0.493 e. The Kier molecular flexibility index (Phi) is 5.16. The third-order valence-electron chi connectivity index (χ3n) is 2.73. The maximum absolute atomic E-state index is 11.8. The summed E-state index contributed by atoms with van der Waals surface area (Å²) in [6, 6.07) is 11.2. The van der Waals surface area contributed by atoms with E-state index < -0.39 is 5.97 Å². The Morgan fingerprint density at radius 2 is 1.95 bits per heavy atom. The number of halogens is 1. The summed E-state index contributed by atoms with van der Waals surface area (Å²) in [6.45, 7) is 0.296. The highest BCUT2D eigenvalue weighted by Gasteiger charge is 2.21. The summed E-state index contributed by atoms with van der Waals surface area (Å²) >= 11 is 3.23. The summed E-state index contributed by atoms with van der Waals surface area (Å²) < 4.78 is 16.2. The fraction of sp³-hybridized carbons (Fsp3) is 0.200. The number of methoxy groups -OCH3 is 2. The fourth-order valence-corrected chi connectivity index (χ4v) is 2.12. The molecule has 6 heteroatoms. The lowest BCUT2D eigenvalue weighted by atomic mass is 10.2. The van der Waals surface area contributed by atoms with Gasteiger partial charge in [0.2, 0.25) is 0 Å². The van der Waals surface area contributed by atoms with Crippen molar-refractivity contribution in [2.24, 2.45) is 0 Å². The highest BCUT2D eigenvalue weighted by molar-refractivity contribution is 9.10. The summed E-state index contributed by atoms with van der Waals surface area (Å²) in [5, 5.41) is 0. The molecule has 0 fully saturated rings. The second-order valence-electron chi connectivity index (χ2n) is 4.09. The number of carbonyl (C=O) groups excluding carboxylic acids is 1. The highest BCUT2D eigenvalue weighted by Crippen LogP contribution is 2.33. The quantitative estimate of drug-likeness (QED) is 0.611. The van der Waals surface area contributed by atoms with E-state index >= 15 is 0 Å². The molecule has 0 unspecified atom stereocenters. The number of esters is 1. The summed E-state index contributed by atoms with van der Waals surface area (Å²) in [5.74, 6) is 0.0854. The third-order valence-corrected chi connectivity index (χ3v) is 3.14. The highest BCUT2D eigenvalue weighted by atomic mass is 79.9. The van der Waals surface area contributed by atoms with Crippen LogP contribution in [-0.2, 0) is 11.3 Å². The molecule has 5 nitrogen and oxygen atoms in total. The molecule has 0 saturated heterocycles. The smallest absolute Gasteiger partial charge is 0.360 e. The Hall–Kier alpha value is -2.08. The Morgan fingerprint density at radius 3 is 2.57 bits per heavy atom. The molecule has 0 atom stereocenters. The molecule has 0 aliphatic rings. The van der Waals surface area contributed by atoms with E-state index in [1.165, 1.54) is 14.2 Å². The van der Waals surface area contributed by atoms with Gasteiger partial charge in [0.15, 0.2) is 17.2 Å². The van der Waals surface area contributed by atoms with Gasteiger partial charge < -0.3 is 14.2 Å². The molecule has 110 valence electrons. The lowest BCUT2D eigenvalue weighted by Crippen LogP contribution is -2.10. The zero-order chi connectivity index (χ0) is 15.2. The van der Waals surface area contributed by atoms with Crippen LogP contribution >= 0.6 is 15.9 Å². The van der Waals surface area contributed by atoms with E-state index in [9.17, 15) is 4.79 Å². The van der Waals surface area contributed by atoms with E-state index in [-0.39, 0.29) is 11.4 Å². The lowest BCUT2D eigenvalue weighted by Gasteiger charge is -2.14. The number of hydrogen-bond donors (Lipinski definition) is 0. The predicted molar refractivity (Wildman–Crippen MR) is 80.6 cm³/mol. The Morgan fingerprint density at radius 1 is 1.24 bits per heavy atom. The van der Waals surface area contributed by atoms with Gasteiger partial charge in [0.1, 0.15) is 11.2 Å². The molecule has 0 spiro atoms. The van der Waals surface area contributed by atoms with Crippen LogP contribution in [0.15, 0.2) is 41.0 Å². The number of carbonyl (C=O) groups is 1. The molecular formula is C15H14BrNO4. The Labute approximate surface area is 131 Å². The topological polar surface area (TPSA) is 57.7 Å². The van der Waals surface area contributed by atoms with Gasteiger partial charge in [-0.2, -0.15) is 0 Å². The molecule has 0 radical (unpaired) electrons. The van der Waals surface area contributed by atoms with Crippen LogP contribution < -0.4 is 9.47 Å². The minimum Gasteiger partial charge on any atom is -0.493 e. The van der Waals surface area contributed by atoms with E-state index in [2.05, 4.69) is 20.9 Å². The molecule has 0 amide bonds. The molecule has 0 aliphatic heterocycles. The molecular weight excluding hydrogens is 338 g/mol. The first kappa shape index (κ1) is 15.3. The average molecular weight is 352 g/mol. The van der Waals surface area contributed by atoms with Crippen LogP contribution in [0.2, 0.25) is 0 Å². The number of hydrogen-bond acceptors (Lipinski definition) is 5. The van der Waals surface area contributed by atoms with Crippen molar-refractivity contribution in [1.82, 2.24) is 4.98 Å². The van der Waals surface area contributed by atoms with Crippen molar-refractivity contribution in [3.8, 4) is 11.5 Å². The van der Waals surface area contributed by atoms with Crippen LogP contribution in [-0.4, -0.2) is 25.2 Å². The number of aromatic nitrogens is 1. The second kappa shape index (κ2) is 7.08. The van der Waals surface area contributed by atoms with Crippen LogP contribution in [0.4, 0.5) is 0 Å². The van der Waals surface area contributed by atoms with Crippen LogP contribution in [0.3, 0.4) is 0 Å². The molecule has 0 N–H and O–H groups in total. The van der Waals surface area contributed by atoms with Gasteiger partial charge in [0.05, 0.1) is 14.2 Å². The van der Waals surface area contributed by atoms with Gasteiger partial charge in [0.25, 0.3) is 0 Å². The van der Waals surface area contributed by atoms with E-state index in [1.54, 1.807) is 6.07 Å². The van der Waals surface area contributed by atoms with E-state index in [0.717, 1.165) is 5.56 Å². The van der Waals surface area contributed by atoms with Gasteiger partial charge >= 0.3 is 5.97 Å². The van der Waals surface area contributed by atoms with E-state index in [1.807, 2.05) is 30.3 Å². The van der Waals surface area contributed by atoms with Gasteiger partial charge in [-0.1, -0.05) is 30.3 Å². The zero-order valence-electron chi connectivity index (χ0n) is 11.6. The molecule has 1 aromatic carbocycles. The van der Waals surface area contributed by atoms with Crippen molar-refractivity contribution in [2.45, 2.75) is 6.61 Å². The summed E-state index contributed by atoms with van der Waals surface area (Å²) in [6.07, 6.45) is 0. The van der Waals surface area contributed by atoms with Crippen molar-refractivity contribution in [1.29, 1.82) is 0 Å². The molecule has 0 aliphatic carbocycles. The van der Waals surface area contributed by atoms with E-state index in [0.29, 0.717) is 17.0 Å². The van der Waals surface area contributed by atoms with Crippen molar-refractivity contribution in [3.05, 3.63) is 52.3 Å². The summed E-state index contributed by atoms with van der Waals surface area (Å²) in [7, 11) is 2.79. The first-order valence-corrected chi connectivity index (χ1v) is 6.94. The maximum Gasteiger partial charge on any atom is 0.360 e. The average Bonchev–Trinajstić information content (AvgIpc) is 2.53. The van der Waals surface area contributed by atoms with Crippen LogP contribution in [0, 0.1) is 0 Å². The molecule has 0 bridgehead atoms. The number of nitrogens with zero attached hydrogens (tertiary/aromatic N) is 1. The van der Waals surface area contributed by atoms with Crippen molar-refractivity contribution < 1.29 is 19.0 Å². The first-order chi connectivity index (χ1) is 10.2. The number of pyridine rings is 1. The van der Waals surface area contributed by atoms with Crippen molar-refractivity contribution >= 4 is 21.9 Å². The van der Waals surface area contributed by atoms with Crippen molar-refractivity contribution in [2.75, 3.05) is 14.2 Å². The van der Waals surface area contributed by atoms with Gasteiger partial charge in [-0.05, 0) is 21.5 Å². The molecule has 2 rings (SSSR count). The standard InChI is InChI=1S/C15H14BrNO4/c1-19-11-8-12(16)17-13(15(18)20-2)14(11)21-9-10-6-4-3-5-7-10/h3-8H,9H2,1-2H3. The molecule has 1 aromatic heterocycles. The van der Waals surface area contributed by atoms with Gasteiger partial charge in [-0.25, -0.2) is 9.78 Å². The Balaban J connectivity index is 2.33. The predicted octanol–water partition coefficient (Wildman–Crippen LogP) is 3.22. The molecule has 21 heavy (non-hydrogen) atoms. The number of rotatable bonds is 5. The maximum atomic E-state index is 11.8. The SMILES string of the molecule is COC(=O)c1nc(Br)cc(OC)c1OCc1ccccc1. The monoisotopic (exact) mass is 351 g/mol. The molecule has 0 saturated carbocycles. The third kappa shape index (κ3) is 3.72. The first-order valence-electron chi connectivity index (χ1n) is 6.15. The van der Waals surface area contributed by atoms with Crippen LogP contribution in [0.25, 0.3) is 0 Å².